The SMILES string of the molecule is Brc1cc[c-]cc1.Brc1cc[c-]cc1.[C-]1=CCCC=CCC1.[Pt]. The van der Waals surface area contributed by atoms with Gasteiger partial charge in [-0.15, -0.1) is 0 Å². The van der Waals surface area contributed by atoms with Gasteiger partial charge in [0, 0.05) is 21.1 Å². The molecule has 0 saturated heterocycles. The van der Waals surface area contributed by atoms with E-state index in [9.17, 15) is 0 Å². The minimum absolute atomic E-state index is 0. The molecular formula is C20H19Br2Pt-3. The van der Waals surface area contributed by atoms with Crippen LogP contribution in [-0.4, -0.2) is 0 Å². The van der Waals surface area contributed by atoms with Gasteiger partial charge in [-0.05, 0) is 6.42 Å². The molecule has 0 N–H and O–H groups in total. The van der Waals surface area contributed by atoms with Crippen molar-refractivity contribution >= 4 is 31.9 Å². The third kappa shape index (κ3) is 14.9. The fraction of sp³-hybridized carbons (Fsp3) is 0.200. The van der Waals surface area contributed by atoms with E-state index >= 15 is 0 Å². The average Bonchev–Trinajstić information content (AvgIpc) is 2.49. The Labute approximate surface area is 171 Å². The molecule has 0 bridgehead atoms. The van der Waals surface area contributed by atoms with Crippen LogP contribution in [0.5, 0.6) is 0 Å². The zero-order chi connectivity index (χ0) is 15.9. The third-order valence-electron chi connectivity index (χ3n) is 2.60. The van der Waals surface area contributed by atoms with Crippen LogP contribution in [0.1, 0.15) is 25.7 Å². The second-order valence-electron chi connectivity index (χ2n) is 4.43. The first-order chi connectivity index (χ1) is 10.8. The molecule has 0 amide bonds. The molecule has 0 unspecified atom stereocenters. The Kier molecular flexibility index (Phi) is 16.1. The molecule has 2 aromatic rings. The molecule has 0 nitrogen and oxygen atoms in total. The van der Waals surface area contributed by atoms with E-state index in [0.29, 0.717) is 0 Å². The largest absolute Gasteiger partial charge is 0.500 e. The molecule has 0 atom stereocenters. The molecule has 0 heterocycles. The maximum absolute atomic E-state index is 3.29. The van der Waals surface area contributed by atoms with Gasteiger partial charge in [-0.2, -0.15) is 67.1 Å². The van der Waals surface area contributed by atoms with Crippen molar-refractivity contribution in [3.63, 3.8) is 0 Å². The number of halogens is 2. The van der Waals surface area contributed by atoms with Crippen molar-refractivity contribution in [3.05, 3.63) is 93.9 Å². The topological polar surface area (TPSA) is 0 Å². The molecule has 3 heteroatoms. The Hall–Kier alpha value is -0.432. The van der Waals surface area contributed by atoms with Crippen LogP contribution >= 0.6 is 31.9 Å². The minimum atomic E-state index is 0. The Morgan fingerprint density at radius 2 is 1.17 bits per heavy atom. The van der Waals surface area contributed by atoms with Crippen molar-refractivity contribution in [3.8, 4) is 0 Å². The van der Waals surface area contributed by atoms with E-state index in [1.807, 2.05) is 48.5 Å². The predicted molar refractivity (Wildman–Crippen MR) is 101 cm³/mol. The van der Waals surface area contributed by atoms with Crippen LogP contribution in [0.2, 0.25) is 0 Å². The summed E-state index contributed by atoms with van der Waals surface area (Å²) in [7, 11) is 0. The Morgan fingerprint density at radius 1 is 0.696 bits per heavy atom. The summed E-state index contributed by atoms with van der Waals surface area (Å²) in [5.74, 6) is 0. The molecule has 2 aromatic carbocycles. The first kappa shape index (κ1) is 22.6. The molecule has 1 aliphatic carbocycles. The van der Waals surface area contributed by atoms with Crippen LogP contribution in [0.25, 0.3) is 0 Å². The Morgan fingerprint density at radius 3 is 1.61 bits per heavy atom. The first-order valence-electron chi connectivity index (χ1n) is 7.22. The van der Waals surface area contributed by atoms with Gasteiger partial charge in [0.05, 0.1) is 0 Å². The fourth-order valence-electron chi connectivity index (χ4n) is 1.52. The fourth-order valence-corrected chi connectivity index (χ4v) is 2.05. The van der Waals surface area contributed by atoms with Gasteiger partial charge in [-0.3, -0.25) is 6.08 Å². The summed E-state index contributed by atoms with van der Waals surface area (Å²) in [4.78, 5) is 0. The van der Waals surface area contributed by atoms with E-state index in [2.05, 4.69) is 68.3 Å². The van der Waals surface area contributed by atoms with Crippen LogP contribution in [-0.2, 0) is 21.1 Å². The van der Waals surface area contributed by atoms with Gasteiger partial charge in [-0.25, -0.2) is 0 Å². The van der Waals surface area contributed by atoms with Gasteiger partial charge in [-0.1, -0.05) is 65.8 Å². The molecule has 3 rings (SSSR count). The summed E-state index contributed by atoms with van der Waals surface area (Å²) in [5, 5.41) is 0. The summed E-state index contributed by atoms with van der Waals surface area (Å²) in [5.41, 5.74) is 0. The van der Waals surface area contributed by atoms with Crippen molar-refractivity contribution in [1.82, 2.24) is 0 Å². The number of benzene rings is 2. The van der Waals surface area contributed by atoms with Crippen molar-refractivity contribution in [2.45, 2.75) is 25.7 Å². The molecule has 126 valence electrons. The average molecular weight is 614 g/mol. The summed E-state index contributed by atoms with van der Waals surface area (Å²) >= 11 is 6.58. The van der Waals surface area contributed by atoms with Crippen LogP contribution in [0.15, 0.2) is 75.7 Å². The van der Waals surface area contributed by atoms with E-state index in [-0.39, 0.29) is 21.1 Å². The number of hydrogen-bond acceptors (Lipinski definition) is 0. The summed E-state index contributed by atoms with van der Waals surface area (Å²) in [6, 6.07) is 21.0. The smallest absolute Gasteiger partial charge is 0 e. The predicted octanol–water partition coefficient (Wildman–Crippen LogP) is 6.97. The second kappa shape index (κ2) is 16.4. The van der Waals surface area contributed by atoms with Crippen LogP contribution in [0.3, 0.4) is 0 Å². The number of hydrogen-bond donors (Lipinski definition) is 0. The van der Waals surface area contributed by atoms with Crippen molar-refractivity contribution in [2.24, 2.45) is 0 Å². The summed E-state index contributed by atoms with van der Waals surface area (Å²) < 4.78 is 2.21. The van der Waals surface area contributed by atoms with Crippen LogP contribution < -0.4 is 0 Å². The second-order valence-corrected chi connectivity index (χ2v) is 6.26. The normalized spacial score (nSPS) is 12.3. The molecule has 0 aliphatic heterocycles. The molecule has 0 aromatic heterocycles. The molecular weight excluding hydrogens is 595 g/mol. The molecule has 1 aliphatic rings. The minimum Gasteiger partial charge on any atom is -0.500 e. The van der Waals surface area contributed by atoms with E-state index < -0.39 is 0 Å². The summed E-state index contributed by atoms with van der Waals surface area (Å²) in [6.07, 6.45) is 14.5. The standard InChI is InChI=1S/C8H11.2C6H4Br.Pt/c1-2-4-6-8-7-5-3-1;2*7-6-4-2-1-3-5-6;/h1-2,7H,3-6H2;2*2-5H;/q3*-1;. The van der Waals surface area contributed by atoms with Crippen LogP contribution in [0.4, 0.5) is 0 Å². The molecule has 0 fully saturated rings. The van der Waals surface area contributed by atoms with Crippen molar-refractivity contribution in [2.75, 3.05) is 0 Å². The van der Waals surface area contributed by atoms with Gasteiger partial charge >= 0.3 is 0 Å². The quantitative estimate of drug-likeness (QED) is 0.222. The first-order valence-corrected chi connectivity index (χ1v) is 8.81. The van der Waals surface area contributed by atoms with E-state index in [0.717, 1.165) is 15.4 Å². The van der Waals surface area contributed by atoms with E-state index in [1.54, 1.807) is 0 Å². The van der Waals surface area contributed by atoms with E-state index in [1.165, 1.54) is 19.3 Å². The van der Waals surface area contributed by atoms with Crippen LogP contribution in [0, 0.1) is 18.2 Å². The van der Waals surface area contributed by atoms with Gasteiger partial charge in [0.1, 0.15) is 0 Å². The molecule has 0 saturated carbocycles. The van der Waals surface area contributed by atoms with Gasteiger partial charge in [0.25, 0.3) is 0 Å². The molecule has 23 heavy (non-hydrogen) atoms. The summed E-state index contributed by atoms with van der Waals surface area (Å²) in [6.45, 7) is 0. The maximum Gasteiger partial charge on any atom is 0 e. The number of allylic oxidation sites excluding steroid dienone is 4. The van der Waals surface area contributed by atoms with E-state index in [4.69, 9.17) is 0 Å². The van der Waals surface area contributed by atoms with Gasteiger partial charge in [0.2, 0.25) is 0 Å². The van der Waals surface area contributed by atoms with Gasteiger partial charge in [0.15, 0.2) is 0 Å². The van der Waals surface area contributed by atoms with Crippen molar-refractivity contribution in [1.29, 1.82) is 0 Å². The zero-order valence-electron chi connectivity index (χ0n) is 12.8. The number of rotatable bonds is 0. The monoisotopic (exact) mass is 612 g/mol. The molecule has 0 spiro atoms. The molecule has 0 radical (unpaired) electrons. The zero-order valence-corrected chi connectivity index (χ0v) is 18.2. The maximum atomic E-state index is 3.29. The van der Waals surface area contributed by atoms with Crippen molar-refractivity contribution < 1.29 is 21.1 Å². The Balaban J connectivity index is 0.000000310. The third-order valence-corrected chi connectivity index (χ3v) is 3.66. The Bertz CT molecular complexity index is 473. The van der Waals surface area contributed by atoms with Gasteiger partial charge < -0.3 is 6.08 Å².